The van der Waals surface area contributed by atoms with E-state index < -0.39 is 11.9 Å². The molecule has 0 aromatic heterocycles. The Kier molecular flexibility index (Phi) is 6.03. The fourth-order valence-electron chi connectivity index (χ4n) is 3.07. The Morgan fingerprint density at radius 2 is 1.96 bits per heavy atom. The number of hydroxylamine groups is 1. The smallest absolute Gasteiger partial charge is 0.304 e. The van der Waals surface area contributed by atoms with E-state index in [1.807, 2.05) is 47.5 Å². The number of hydrogen-bond acceptors (Lipinski definition) is 4. The third-order valence-electron chi connectivity index (χ3n) is 4.37. The maximum absolute atomic E-state index is 11.1. The lowest BCUT2D eigenvalue weighted by atomic mass is 9.96. The molecule has 0 fully saturated rings. The molecule has 28 heavy (non-hydrogen) atoms. The zero-order valence-electron chi connectivity index (χ0n) is 15.4. The Bertz CT molecular complexity index is 937. The van der Waals surface area contributed by atoms with Gasteiger partial charge in [0.15, 0.2) is 5.75 Å². The van der Waals surface area contributed by atoms with Crippen molar-refractivity contribution in [2.75, 3.05) is 11.6 Å². The summed E-state index contributed by atoms with van der Waals surface area (Å²) in [6, 6.07) is 13.2. The van der Waals surface area contributed by atoms with E-state index in [-0.39, 0.29) is 6.42 Å². The van der Waals surface area contributed by atoms with Crippen LogP contribution in [0, 0.1) is 11.8 Å². The number of nitrogens with zero attached hydrogens (tertiary/aromatic N) is 1. The van der Waals surface area contributed by atoms with Crippen LogP contribution in [-0.2, 0) is 11.2 Å². The van der Waals surface area contributed by atoms with E-state index in [2.05, 4.69) is 25.0 Å². The van der Waals surface area contributed by atoms with E-state index in [1.165, 1.54) is 17.9 Å². The van der Waals surface area contributed by atoms with Gasteiger partial charge in [0.1, 0.15) is 5.75 Å². The van der Waals surface area contributed by atoms with E-state index in [4.69, 9.17) is 14.7 Å². The first-order valence-electron chi connectivity index (χ1n) is 8.90. The van der Waals surface area contributed by atoms with Crippen LogP contribution in [0.5, 0.6) is 11.5 Å². The number of carbonyl (C=O) groups is 1. The van der Waals surface area contributed by atoms with Gasteiger partial charge < -0.3 is 14.7 Å². The van der Waals surface area contributed by atoms with Crippen molar-refractivity contribution in [1.82, 2.24) is 0 Å². The minimum absolute atomic E-state index is 0.0629. The highest BCUT2D eigenvalue weighted by atomic mass is 16.7. The third kappa shape index (κ3) is 4.54. The summed E-state index contributed by atoms with van der Waals surface area (Å²) in [5.41, 5.74) is 2.98. The Labute approximate surface area is 164 Å². The zero-order chi connectivity index (χ0) is 19.9. The number of ether oxygens (including phenoxy) is 1. The maximum Gasteiger partial charge on any atom is 0.304 e. The minimum Gasteiger partial charge on any atom is -0.481 e. The quantitative estimate of drug-likeness (QED) is 0.577. The molecule has 2 aromatic carbocycles. The highest BCUT2D eigenvalue weighted by Crippen LogP contribution is 2.33. The van der Waals surface area contributed by atoms with E-state index >= 15 is 0 Å². The topological polar surface area (TPSA) is 59.0 Å². The fourth-order valence-corrected chi connectivity index (χ4v) is 3.07. The molecule has 1 aliphatic heterocycles. The highest BCUT2D eigenvalue weighted by molar-refractivity contribution is 5.69. The lowest BCUT2D eigenvalue weighted by molar-refractivity contribution is -0.137. The van der Waals surface area contributed by atoms with Gasteiger partial charge >= 0.3 is 5.97 Å². The predicted octanol–water partition coefficient (Wildman–Crippen LogP) is 4.31. The molecule has 1 aliphatic rings. The van der Waals surface area contributed by atoms with Gasteiger partial charge in [-0.3, -0.25) is 4.79 Å². The number of benzene rings is 2. The van der Waals surface area contributed by atoms with Crippen molar-refractivity contribution in [2.24, 2.45) is 0 Å². The van der Waals surface area contributed by atoms with Crippen molar-refractivity contribution in [3.05, 3.63) is 79.1 Å². The van der Waals surface area contributed by atoms with Crippen LogP contribution in [0.4, 0.5) is 5.69 Å². The van der Waals surface area contributed by atoms with Crippen LogP contribution in [0.15, 0.2) is 68.0 Å². The van der Waals surface area contributed by atoms with Crippen LogP contribution in [0.25, 0.3) is 0 Å². The molecule has 0 saturated heterocycles. The van der Waals surface area contributed by atoms with Gasteiger partial charge in [0.25, 0.3) is 0 Å². The average molecular weight is 375 g/mol. The van der Waals surface area contributed by atoms with Gasteiger partial charge in [-0.2, -0.15) is 0 Å². The lowest BCUT2D eigenvalue weighted by Crippen LogP contribution is -2.24. The molecule has 2 aromatic rings. The molecule has 5 heteroatoms. The number of anilines is 1. The van der Waals surface area contributed by atoms with Crippen LogP contribution >= 0.6 is 0 Å². The second kappa shape index (κ2) is 8.83. The number of rotatable bonds is 7. The average Bonchev–Trinajstić information content (AvgIpc) is 3.08. The summed E-state index contributed by atoms with van der Waals surface area (Å²) >= 11 is 0. The van der Waals surface area contributed by atoms with Crippen LogP contribution in [0.3, 0.4) is 0 Å². The first kappa shape index (κ1) is 19.1. The molecule has 1 heterocycles. The van der Waals surface area contributed by atoms with Crippen molar-refractivity contribution in [2.45, 2.75) is 18.8 Å². The summed E-state index contributed by atoms with van der Waals surface area (Å²) in [7, 11) is 0. The molecule has 142 valence electrons. The maximum atomic E-state index is 11.1. The number of allylic oxidation sites excluding steroid dienone is 1. The monoisotopic (exact) mass is 375 g/mol. The third-order valence-corrected chi connectivity index (χ3v) is 4.37. The standard InChI is InChI=1S/C23H21NO4/c1-3-5-6-19(15-23(25)26)17-7-10-20(11-8-17)28-24-14-13-18-9-12-21(27-4-2)16-22(18)24/h3-4,7-12,16,19H,1-2,13-15H2,(H,25,26)/t19-/m0/s1. The van der Waals surface area contributed by atoms with E-state index in [9.17, 15) is 4.79 Å². The van der Waals surface area contributed by atoms with Gasteiger partial charge in [-0.15, -0.1) is 0 Å². The summed E-state index contributed by atoms with van der Waals surface area (Å²) in [5, 5.41) is 10.9. The Balaban J connectivity index is 1.75. The fraction of sp³-hybridized carbons (Fsp3) is 0.174. The van der Waals surface area contributed by atoms with Crippen LogP contribution in [0.2, 0.25) is 0 Å². The summed E-state index contributed by atoms with van der Waals surface area (Å²) in [5.74, 6) is 5.75. The summed E-state index contributed by atoms with van der Waals surface area (Å²) in [6.07, 6.45) is 3.68. The largest absolute Gasteiger partial charge is 0.481 e. The van der Waals surface area contributed by atoms with Crippen LogP contribution in [-0.4, -0.2) is 17.6 Å². The molecule has 0 amide bonds. The van der Waals surface area contributed by atoms with Crippen molar-refractivity contribution >= 4 is 11.7 Å². The molecule has 0 unspecified atom stereocenters. The molecular formula is C23H21NO4. The van der Waals surface area contributed by atoms with Gasteiger partial charge in [-0.1, -0.05) is 43.2 Å². The molecule has 1 N–H and O–H groups in total. The summed E-state index contributed by atoms with van der Waals surface area (Å²) in [6.45, 7) is 7.87. The first-order valence-corrected chi connectivity index (χ1v) is 8.90. The van der Waals surface area contributed by atoms with Crippen molar-refractivity contribution < 1.29 is 19.5 Å². The van der Waals surface area contributed by atoms with Gasteiger partial charge in [0, 0.05) is 6.07 Å². The predicted molar refractivity (Wildman–Crippen MR) is 108 cm³/mol. The molecule has 0 bridgehead atoms. The normalized spacial score (nSPS) is 12.9. The Hall–Kier alpha value is -3.65. The molecule has 0 spiro atoms. The van der Waals surface area contributed by atoms with E-state index in [0.717, 1.165) is 24.2 Å². The highest BCUT2D eigenvalue weighted by Gasteiger charge is 2.22. The van der Waals surface area contributed by atoms with Gasteiger partial charge in [-0.25, -0.2) is 5.06 Å². The molecule has 3 rings (SSSR count). The molecular weight excluding hydrogens is 354 g/mol. The summed E-state index contributed by atoms with van der Waals surface area (Å²) < 4.78 is 5.35. The lowest BCUT2D eigenvalue weighted by Gasteiger charge is -2.20. The molecule has 0 saturated carbocycles. The number of hydrogen-bond donors (Lipinski definition) is 1. The van der Waals surface area contributed by atoms with E-state index in [1.54, 1.807) is 0 Å². The number of fused-ring (bicyclic) bond motifs is 1. The number of carboxylic acid groups (broad SMARTS) is 1. The number of carboxylic acids is 1. The van der Waals surface area contributed by atoms with E-state index in [0.29, 0.717) is 11.5 Å². The molecule has 0 aliphatic carbocycles. The van der Waals surface area contributed by atoms with Crippen LogP contribution in [0.1, 0.15) is 23.5 Å². The van der Waals surface area contributed by atoms with Gasteiger partial charge in [0.2, 0.25) is 0 Å². The number of aliphatic carboxylic acids is 1. The van der Waals surface area contributed by atoms with Crippen molar-refractivity contribution in [1.29, 1.82) is 0 Å². The minimum atomic E-state index is -0.894. The molecule has 1 atom stereocenters. The molecule has 5 nitrogen and oxygen atoms in total. The van der Waals surface area contributed by atoms with Gasteiger partial charge in [-0.05, 0) is 41.8 Å². The zero-order valence-corrected chi connectivity index (χ0v) is 15.4. The molecule has 0 radical (unpaired) electrons. The summed E-state index contributed by atoms with van der Waals surface area (Å²) in [4.78, 5) is 17.1. The Morgan fingerprint density at radius 3 is 2.64 bits per heavy atom. The van der Waals surface area contributed by atoms with Gasteiger partial charge in [0.05, 0.1) is 30.8 Å². The van der Waals surface area contributed by atoms with Crippen molar-refractivity contribution in [3.8, 4) is 23.3 Å². The second-order valence-corrected chi connectivity index (χ2v) is 6.23. The Morgan fingerprint density at radius 1 is 1.21 bits per heavy atom. The SMILES string of the molecule is C=CC#C[C@@H](CC(=O)O)c1ccc(ON2CCc3ccc(OC=C)cc32)cc1. The van der Waals surface area contributed by atoms with Crippen LogP contribution < -0.4 is 14.6 Å². The second-order valence-electron chi connectivity index (χ2n) is 6.23. The first-order chi connectivity index (χ1) is 13.6. The van der Waals surface area contributed by atoms with Crippen molar-refractivity contribution in [3.63, 3.8) is 0 Å².